The van der Waals surface area contributed by atoms with E-state index in [4.69, 9.17) is 4.98 Å². The molecular weight excluding hydrogens is 468 g/mol. The van der Waals surface area contributed by atoms with E-state index in [-0.39, 0.29) is 6.61 Å². The third-order valence-electron chi connectivity index (χ3n) is 8.10. The van der Waals surface area contributed by atoms with Gasteiger partial charge in [0, 0.05) is 25.3 Å². The van der Waals surface area contributed by atoms with Crippen molar-refractivity contribution in [3.05, 3.63) is 108 Å². The lowest BCUT2D eigenvalue weighted by atomic mass is 9.79. The summed E-state index contributed by atoms with van der Waals surface area (Å²) < 4.78 is 4.29. The molecule has 2 aromatic heterocycles. The maximum Gasteiger partial charge on any atom is 0.146 e. The molecule has 1 fully saturated rings. The Balaban J connectivity index is 1.60. The quantitative estimate of drug-likeness (QED) is 0.267. The van der Waals surface area contributed by atoms with Gasteiger partial charge in [-0.25, -0.2) is 4.98 Å². The van der Waals surface area contributed by atoms with Gasteiger partial charge in [-0.1, -0.05) is 104 Å². The molecule has 5 nitrogen and oxygen atoms in total. The number of hydrogen-bond acceptors (Lipinski definition) is 3. The van der Waals surface area contributed by atoms with Gasteiger partial charge in [0.25, 0.3) is 0 Å². The maximum atomic E-state index is 10.0. The molecule has 2 N–H and O–H groups in total. The summed E-state index contributed by atoms with van der Waals surface area (Å²) in [5.41, 5.74) is 6.84. The number of fused-ring (bicyclic) bond motifs is 1. The highest BCUT2D eigenvalue weighted by molar-refractivity contribution is 6.02. The smallest absolute Gasteiger partial charge is 0.146 e. The third kappa shape index (κ3) is 4.59. The first-order chi connectivity index (χ1) is 18.7. The SMILES string of the molecule is N=c1c2c(-c3ccccc3)c(-c3ccccc3)n(Cc3ccccc3)c2ncn1C[C@@H]1CCCC[C@H]1CO. The molecule has 0 radical (unpaired) electrons. The van der Waals surface area contributed by atoms with E-state index in [1.165, 1.54) is 18.4 Å². The molecule has 6 rings (SSSR count). The second-order valence-corrected chi connectivity index (χ2v) is 10.5. The molecule has 1 saturated carbocycles. The average molecular weight is 503 g/mol. The van der Waals surface area contributed by atoms with Gasteiger partial charge in [-0.2, -0.15) is 0 Å². The Morgan fingerprint density at radius 1 is 0.789 bits per heavy atom. The van der Waals surface area contributed by atoms with Crippen LogP contribution in [-0.4, -0.2) is 25.8 Å². The summed E-state index contributed by atoms with van der Waals surface area (Å²) in [5.74, 6) is 0.657. The molecule has 1 aliphatic carbocycles. The molecule has 0 unspecified atom stereocenters. The van der Waals surface area contributed by atoms with Crippen molar-refractivity contribution < 1.29 is 5.11 Å². The van der Waals surface area contributed by atoms with Crippen LogP contribution in [0.25, 0.3) is 33.4 Å². The predicted octanol–water partition coefficient (Wildman–Crippen LogP) is 6.50. The number of aromatic nitrogens is 3. The molecule has 1 aliphatic rings. The lowest BCUT2D eigenvalue weighted by molar-refractivity contribution is 0.122. The van der Waals surface area contributed by atoms with Gasteiger partial charge >= 0.3 is 0 Å². The van der Waals surface area contributed by atoms with Crippen LogP contribution >= 0.6 is 0 Å². The van der Waals surface area contributed by atoms with Gasteiger partial charge in [0.15, 0.2) is 0 Å². The van der Waals surface area contributed by atoms with E-state index in [0.717, 1.165) is 46.3 Å². The standard InChI is InChI=1S/C33H34N4O/c34-32-30-29(25-14-6-2-7-15-25)31(26-16-8-3-9-17-26)37(20-24-12-4-1-5-13-24)33(30)35-23-36(32)21-27-18-10-11-19-28(27)22-38/h1-9,12-17,23,27-28,34,38H,10-11,18-22H2/t27-,28-/m0/s1. The summed E-state index contributed by atoms with van der Waals surface area (Å²) in [6.45, 7) is 1.60. The van der Waals surface area contributed by atoms with Crippen LogP contribution in [0.15, 0.2) is 97.3 Å². The highest BCUT2D eigenvalue weighted by atomic mass is 16.3. The van der Waals surface area contributed by atoms with Crippen LogP contribution in [0.1, 0.15) is 31.2 Å². The number of aliphatic hydroxyl groups is 1. The first kappa shape index (κ1) is 24.4. The van der Waals surface area contributed by atoms with E-state index in [1.54, 1.807) is 0 Å². The summed E-state index contributed by atoms with van der Waals surface area (Å²) in [6, 6.07) is 31.4. The summed E-state index contributed by atoms with van der Waals surface area (Å²) in [7, 11) is 0. The number of aliphatic hydroxyl groups excluding tert-OH is 1. The Morgan fingerprint density at radius 2 is 1.39 bits per heavy atom. The van der Waals surface area contributed by atoms with Gasteiger partial charge in [0.2, 0.25) is 0 Å². The Kier molecular flexibility index (Phi) is 6.93. The molecule has 0 amide bonds. The first-order valence-corrected chi connectivity index (χ1v) is 13.7. The Bertz CT molecular complexity index is 1570. The Morgan fingerprint density at radius 3 is 2.05 bits per heavy atom. The molecule has 0 bridgehead atoms. The molecule has 2 atom stereocenters. The van der Waals surface area contributed by atoms with Crippen LogP contribution in [0, 0.1) is 17.2 Å². The van der Waals surface area contributed by atoms with Crippen LogP contribution in [0.5, 0.6) is 0 Å². The van der Waals surface area contributed by atoms with Crippen molar-refractivity contribution in [3.63, 3.8) is 0 Å². The van der Waals surface area contributed by atoms with Crippen molar-refractivity contribution in [3.8, 4) is 22.4 Å². The first-order valence-electron chi connectivity index (χ1n) is 13.7. The molecule has 0 saturated heterocycles. The van der Waals surface area contributed by atoms with E-state index in [9.17, 15) is 10.5 Å². The lowest BCUT2D eigenvalue weighted by Gasteiger charge is -2.30. The van der Waals surface area contributed by atoms with Crippen LogP contribution in [0.4, 0.5) is 0 Å². The lowest BCUT2D eigenvalue weighted by Crippen LogP contribution is -2.31. The van der Waals surface area contributed by atoms with Crippen molar-refractivity contribution in [1.82, 2.24) is 14.1 Å². The maximum absolute atomic E-state index is 10.0. The third-order valence-corrected chi connectivity index (χ3v) is 8.10. The van der Waals surface area contributed by atoms with Gasteiger partial charge in [0.05, 0.1) is 17.4 Å². The second-order valence-electron chi connectivity index (χ2n) is 10.5. The fraction of sp³-hybridized carbons (Fsp3) is 0.273. The van der Waals surface area contributed by atoms with Gasteiger partial charge in [-0.3, -0.25) is 5.41 Å². The van der Waals surface area contributed by atoms with Gasteiger partial charge < -0.3 is 14.2 Å². The molecule has 2 heterocycles. The second kappa shape index (κ2) is 10.8. The van der Waals surface area contributed by atoms with E-state index < -0.39 is 0 Å². The highest BCUT2D eigenvalue weighted by Gasteiger charge is 2.27. The molecule has 0 aliphatic heterocycles. The van der Waals surface area contributed by atoms with Gasteiger partial charge in [0.1, 0.15) is 11.1 Å². The van der Waals surface area contributed by atoms with E-state index in [2.05, 4.69) is 77.4 Å². The molecule has 0 spiro atoms. The fourth-order valence-electron chi connectivity index (χ4n) is 6.15. The van der Waals surface area contributed by atoms with Crippen molar-refractivity contribution in [2.45, 2.75) is 38.8 Å². The van der Waals surface area contributed by atoms with Crippen LogP contribution < -0.4 is 5.49 Å². The van der Waals surface area contributed by atoms with E-state index >= 15 is 0 Å². The summed E-state index contributed by atoms with van der Waals surface area (Å²) in [4.78, 5) is 5.03. The zero-order chi connectivity index (χ0) is 25.9. The molecular formula is C33H34N4O. The molecule has 5 heteroatoms. The van der Waals surface area contributed by atoms with Crippen LogP contribution in [-0.2, 0) is 13.1 Å². The summed E-state index contributed by atoms with van der Waals surface area (Å²) in [6.07, 6.45) is 6.36. The average Bonchev–Trinajstić information content (AvgIpc) is 3.30. The topological polar surface area (TPSA) is 66.8 Å². The van der Waals surface area contributed by atoms with E-state index in [0.29, 0.717) is 30.4 Å². The minimum atomic E-state index is 0.217. The molecule has 5 aromatic rings. The van der Waals surface area contributed by atoms with Gasteiger partial charge in [-0.05, 0) is 41.4 Å². The number of rotatable bonds is 7. The highest BCUT2D eigenvalue weighted by Crippen LogP contribution is 2.39. The van der Waals surface area contributed by atoms with Crippen molar-refractivity contribution in [1.29, 1.82) is 5.41 Å². The molecule has 192 valence electrons. The van der Waals surface area contributed by atoms with Crippen LogP contribution in [0.3, 0.4) is 0 Å². The summed E-state index contributed by atoms with van der Waals surface area (Å²) >= 11 is 0. The minimum Gasteiger partial charge on any atom is -0.396 e. The number of nitrogens with one attached hydrogen (secondary N) is 1. The van der Waals surface area contributed by atoms with Crippen LogP contribution in [0.2, 0.25) is 0 Å². The largest absolute Gasteiger partial charge is 0.396 e. The zero-order valence-electron chi connectivity index (χ0n) is 21.6. The van der Waals surface area contributed by atoms with E-state index in [1.807, 2.05) is 29.1 Å². The van der Waals surface area contributed by atoms with Crippen molar-refractivity contribution in [2.24, 2.45) is 11.8 Å². The number of hydrogen-bond donors (Lipinski definition) is 2. The summed E-state index contributed by atoms with van der Waals surface area (Å²) in [5, 5.41) is 20.4. The minimum absolute atomic E-state index is 0.217. The number of benzene rings is 3. The van der Waals surface area contributed by atoms with Crippen molar-refractivity contribution in [2.75, 3.05) is 6.61 Å². The Labute approximate surface area is 223 Å². The Hall–Kier alpha value is -3.96. The zero-order valence-corrected chi connectivity index (χ0v) is 21.6. The number of nitrogens with zero attached hydrogens (tertiary/aromatic N) is 3. The normalized spacial score (nSPS) is 17.6. The molecule has 38 heavy (non-hydrogen) atoms. The monoisotopic (exact) mass is 502 g/mol. The predicted molar refractivity (Wildman–Crippen MR) is 153 cm³/mol. The van der Waals surface area contributed by atoms with Gasteiger partial charge in [-0.15, -0.1) is 0 Å². The van der Waals surface area contributed by atoms with Crippen molar-refractivity contribution >= 4 is 11.0 Å². The fourth-order valence-corrected chi connectivity index (χ4v) is 6.15. The molecule has 3 aromatic carbocycles.